The smallest absolute Gasteiger partial charge is 0.261 e. The fourth-order valence-electron chi connectivity index (χ4n) is 1.82. The molecular formula is C15H12N2O3S. The van der Waals surface area contributed by atoms with Crippen LogP contribution in [0.4, 0.5) is 5.00 Å². The SMILES string of the molecule is COc1ccc(-c2ccc(NC(=O)c3cnoc3)s2)cc1. The van der Waals surface area contributed by atoms with E-state index < -0.39 is 0 Å². The van der Waals surface area contributed by atoms with E-state index in [0.717, 1.165) is 21.2 Å². The van der Waals surface area contributed by atoms with Gasteiger partial charge in [0.2, 0.25) is 0 Å². The first kappa shape index (κ1) is 13.4. The molecule has 0 aliphatic heterocycles. The Bertz CT molecular complexity index is 733. The molecule has 3 rings (SSSR count). The summed E-state index contributed by atoms with van der Waals surface area (Å²) in [7, 11) is 1.64. The van der Waals surface area contributed by atoms with Gasteiger partial charge in [-0.3, -0.25) is 4.79 Å². The van der Waals surface area contributed by atoms with Crippen LogP contribution in [0.5, 0.6) is 5.75 Å². The normalized spacial score (nSPS) is 10.3. The lowest BCUT2D eigenvalue weighted by Gasteiger charge is -2.01. The summed E-state index contributed by atoms with van der Waals surface area (Å²) in [5.41, 5.74) is 1.47. The van der Waals surface area contributed by atoms with Crippen LogP contribution in [0.1, 0.15) is 10.4 Å². The first-order valence-corrected chi connectivity index (χ1v) is 7.03. The van der Waals surface area contributed by atoms with E-state index in [0.29, 0.717) is 5.56 Å². The van der Waals surface area contributed by atoms with Crippen molar-refractivity contribution in [3.63, 3.8) is 0 Å². The molecule has 1 amide bonds. The molecule has 1 N–H and O–H groups in total. The number of anilines is 1. The van der Waals surface area contributed by atoms with Crippen molar-refractivity contribution in [1.29, 1.82) is 0 Å². The molecular weight excluding hydrogens is 288 g/mol. The molecule has 0 saturated carbocycles. The Morgan fingerprint density at radius 2 is 2.05 bits per heavy atom. The maximum absolute atomic E-state index is 11.9. The predicted octanol–water partition coefficient (Wildman–Crippen LogP) is 3.66. The zero-order chi connectivity index (χ0) is 14.7. The van der Waals surface area contributed by atoms with Gasteiger partial charge in [0.05, 0.1) is 23.9 Å². The monoisotopic (exact) mass is 300 g/mol. The molecule has 0 radical (unpaired) electrons. The Morgan fingerprint density at radius 1 is 1.24 bits per heavy atom. The molecule has 1 aromatic carbocycles. The first-order valence-electron chi connectivity index (χ1n) is 6.21. The van der Waals surface area contributed by atoms with Gasteiger partial charge in [-0.1, -0.05) is 5.16 Å². The highest BCUT2D eigenvalue weighted by Gasteiger charge is 2.10. The van der Waals surface area contributed by atoms with Gasteiger partial charge in [-0.15, -0.1) is 11.3 Å². The molecule has 5 nitrogen and oxygen atoms in total. The minimum atomic E-state index is -0.237. The minimum Gasteiger partial charge on any atom is -0.497 e. The summed E-state index contributed by atoms with van der Waals surface area (Å²) in [6.07, 6.45) is 2.70. The quantitative estimate of drug-likeness (QED) is 0.798. The van der Waals surface area contributed by atoms with Crippen LogP contribution in [0.15, 0.2) is 53.4 Å². The zero-order valence-corrected chi connectivity index (χ0v) is 12.0. The number of nitrogens with one attached hydrogen (secondary N) is 1. The van der Waals surface area contributed by atoms with Gasteiger partial charge in [0.15, 0.2) is 0 Å². The van der Waals surface area contributed by atoms with Gasteiger partial charge >= 0.3 is 0 Å². The zero-order valence-electron chi connectivity index (χ0n) is 11.2. The van der Waals surface area contributed by atoms with Gasteiger partial charge in [-0.05, 0) is 42.0 Å². The number of aromatic nitrogens is 1. The number of ether oxygens (including phenoxy) is 1. The summed E-state index contributed by atoms with van der Waals surface area (Å²) in [6, 6.07) is 11.6. The predicted molar refractivity (Wildman–Crippen MR) is 80.8 cm³/mol. The van der Waals surface area contributed by atoms with Crippen LogP contribution in [0.25, 0.3) is 10.4 Å². The number of carbonyl (C=O) groups excluding carboxylic acids is 1. The average molecular weight is 300 g/mol. The minimum absolute atomic E-state index is 0.237. The number of thiophene rings is 1. The van der Waals surface area contributed by atoms with Crippen LogP contribution in [-0.4, -0.2) is 18.2 Å². The number of benzene rings is 1. The van der Waals surface area contributed by atoms with Crippen molar-refractivity contribution in [3.8, 4) is 16.2 Å². The van der Waals surface area contributed by atoms with E-state index in [-0.39, 0.29) is 5.91 Å². The van der Waals surface area contributed by atoms with E-state index in [1.807, 2.05) is 36.4 Å². The van der Waals surface area contributed by atoms with Gasteiger partial charge < -0.3 is 14.6 Å². The van der Waals surface area contributed by atoms with E-state index in [4.69, 9.17) is 4.74 Å². The molecule has 6 heteroatoms. The van der Waals surface area contributed by atoms with E-state index in [2.05, 4.69) is 15.0 Å². The second kappa shape index (κ2) is 5.80. The molecule has 0 unspecified atom stereocenters. The molecule has 21 heavy (non-hydrogen) atoms. The Kier molecular flexibility index (Phi) is 3.70. The van der Waals surface area contributed by atoms with E-state index >= 15 is 0 Å². The fourth-order valence-corrected chi connectivity index (χ4v) is 2.72. The van der Waals surface area contributed by atoms with Crippen LogP contribution in [-0.2, 0) is 0 Å². The summed E-state index contributed by atoms with van der Waals surface area (Å²) >= 11 is 1.50. The first-order chi connectivity index (χ1) is 10.3. The van der Waals surface area contributed by atoms with Crippen molar-refractivity contribution < 1.29 is 14.1 Å². The Morgan fingerprint density at radius 3 is 2.71 bits per heavy atom. The number of methoxy groups -OCH3 is 1. The molecule has 106 valence electrons. The molecule has 0 aliphatic carbocycles. The molecule has 0 bridgehead atoms. The summed E-state index contributed by atoms with van der Waals surface area (Å²) in [4.78, 5) is 13.0. The number of carbonyl (C=O) groups is 1. The molecule has 3 aromatic rings. The van der Waals surface area contributed by atoms with Gasteiger partial charge in [0.25, 0.3) is 5.91 Å². The van der Waals surface area contributed by atoms with Crippen LogP contribution in [0, 0.1) is 0 Å². The van der Waals surface area contributed by atoms with Gasteiger partial charge in [-0.2, -0.15) is 0 Å². The molecule has 0 saturated heterocycles. The highest BCUT2D eigenvalue weighted by Crippen LogP contribution is 2.32. The van der Waals surface area contributed by atoms with Gasteiger partial charge in [0, 0.05) is 4.88 Å². The van der Waals surface area contributed by atoms with Gasteiger partial charge in [-0.25, -0.2) is 0 Å². The van der Waals surface area contributed by atoms with E-state index in [9.17, 15) is 4.79 Å². The van der Waals surface area contributed by atoms with Crippen LogP contribution >= 0.6 is 11.3 Å². The molecule has 2 heterocycles. The topological polar surface area (TPSA) is 64.4 Å². The van der Waals surface area contributed by atoms with Gasteiger partial charge in [0.1, 0.15) is 12.0 Å². The summed E-state index contributed by atoms with van der Waals surface area (Å²) in [5, 5.41) is 7.09. The van der Waals surface area contributed by atoms with Crippen molar-refractivity contribution >= 4 is 22.2 Å². The van der Waals surface area contributed by atoms with E-state index in [1.165, 1.54) is 23.8 Å². The number of amides is 1. The molecule has 0 spiro atoms. The Balaban J connectivity index is 1.75. The third-order valence-electron chi connectivity index (χ3n) is 2.91. The van der Waals surface area contributed by atoms with Crippen molar-refractivity contribution in [1.82, 2.24) is 5.16 Å². The Labute approximate surface area is 125 Å². The maximum atomic E-state index is 11.9. The number of hydrogen-bond donors (Lipinski definition) is 1. The second-order valence-corrected chi connectivity index (χ2v) is 5.34. The molecule has 2 aromatic heterocycles. The number of rotatable bonds is 4. The molecule has 0 fully saturated rings. The highest BCUT2D eigenvalue weighted by molar-refractivity contribution is 7.19. The number of nitrogens with zero attached hydrogens (tertiary/aromatic N) is 1. The van der Waals surface area contributed by atoms with Crippen LogP contribution < -0.4 is 10.1 Å². The molecule has 0 atom stereocenters. The van der Waals surface area contributed by atoms with Crippen LogP contribution in [0.3, 0.4) is 0 Å². The maximum Gasteiger partial charge on any atom is 0.261 e. The third kappa shape index (κ3) is 2.95. The lowest BCUT2D eigenvalue weighted by molar-refractivity contribution is 0.102. The van der Waals surface area contributed by atoms with Crippen molar-refractivity contribution in [2.24, 2.45) is 0 Å². The molecule has 0 aliphatic rings. The summed E-state index contributed by atoms with van der Waals surface area (Å²) < 4.78 is 9.79. The lowest BCUT2D eigenvalue weighted by Crippen LogP contribution is -2.09. The van der Waals surface area contributed by atoms with Crippen LogP contribution in [0.2, 0.25) is 0 Å². The highest BCUT2D eigenvalue weighted by atomic mass is 32.1. The third-order valence-corrected chi connectivity index (χ3v) is 3.96. The summed E-state index contributed by atoms with van der Waals surface area (Å²) in [5.74, 6) is 0.579. The largest absolute Gasteiger partial charge is 0.497 e. The fraction of sp³-hybridized carbons (Fsp3) is 0.0667. The van der Waals surface area contributed by atoms with Crippen molar-refractivity contribution in [2.75, 3.05) is 12.4 Å². The van der Waals surface area contributed by atoms with Crippen molar-refractivity contribution in [2.45, 2.75) is 0 Å². The summed E-state index contributed by atoms with van der Waals surface area (Å²) in [6.45, 7) is 0. The second-order valence-electron chi connectivity index (χ2n) is 4.26. The standard InChI is InChI=1S/C15H12N2O3S/c1-19-12-4-2-10(3-5-12)13-6-7-14(21-13)17-15(18)11-8-16-20-9-11/h2-9H,1H3,(H,17,18). The van der Waals surface area contributed by atoms with E-state index in [1.54, 1.807) is 7.11 Å². The van der Waals surface area contributed by atoms with Crippen molar-refractivity contribution in [3.05, 3.63) is 54.4 Å². The number of hydrogen-bond acceptors (Lipinski definition) is 5. The lowest BCUT2D eigenvalue weighted by atomic mass is 10.2. The Hall–Kier alpha value is -2.60. The average Bonchev–Trinajstić information content (AvgIpc) is 3.19.